The summed E-state index contributed by atoms with van der Waals surface area (Å²) in [5, 5.41) is 7.77. The maximum Gasteiger partial charge on any atom is 0.191 e. The third kappa shape index (κ3) is 6.87. The van der Waals surface area contributed by atoms with Crippen LogP contribution in [-0.4, -0.2) is 35.0 Å². The van der Waals surface area contributed by atoms with Gasteiger partial charge >= 0.3 is 0 Å². The molecule has 1 aliphatic carbocycles. The van der Waals surface area contributed by atoms with Crippen LogP contribution in [0.4, 0.5) is 0 Å². The van der Waals surface area contributed by atoms with Gasteiger partial charge in [-0.25, -0.2) is 0 Å². The summed E-state index contributed by atoms with van der Waals surface area (Å²) in [5.41, 5.74) is 2.29. The molecular weight excluding hydrogens is 419 g/mol. The van der Waals surface area contributed by atoms with Crippen LogP contribution < -0.4 is 10.6 Å². The van der Waals surface area contributed by atoms with E-state index >= 15 is 0 Å². The zero-order valence-electron chi connectivity index (χ0n) is 14.3. The number of rotatable bonds is 5. The van der Waals surface area contributed by atoms with Crippen molar-refractivity contribution in [2.45, 2.75) is 57.4 Å². The standard InChI is InChI=1S/C17H28N4S.HI/c1-4-22-15-9-5-8-14(11-15)21-17(18-3)20-12-16-13(2)7-6-10-19-16;/h6-7,10,14-15H,4-5,8-9,11-12H2,1-3H3,(H2,18,20,21);1H. The highest BCUT2D eigenvalue weighted by molar-refractivity contribution is 14.0. The predicted octanol–water partition coefficient (Wildman–Crippen LogP) is 3.74. The number of pyridine rings is 1. The third-order valence-electron chi connectivity index (χ3n) is 4.13. The molecule has 2 unspecified atom stereocenters. The minimum atomic E-state index is 0. The van der Waals surface area contributed by atoms with Crippen molar-refractivity contribution >= 4 is 41.7 Å². The number of hydrogen-bond donors (Lipinski definition) is 2. The number of guanidine groups is 1. The summed E-state index contributed by atoms with van der Waals surface area (Å²) in [6.07, 6.45) is 6.99. The van der Waals surface area contributed by atoms with E-state index in [0.29, 0.717) is 12.6 Å². The summed E-state index contributed by atoms with van der Waals surface area (Å²) in [5.74, 6) is 2.10. The highest BCUT2D eigenvalue weighted by Crippen LogP contribution is 2.28. The number of hydrogen-bond acceptors (Lipinski definition) is 3. The van der Waals surface area contributed by atoms with Crippen molar-refractivity contribution in [3.8, 4) is 0 Å². The minimum absolute atomic E-state index is 0. The smallest absolute Gasteiger partial charge is 0.191 e. The molecular formula is C17H29IN4S. The van der Waals surface area contributed by atoms with Crippen LogP contribution in [-0.2, 0) is 6.54 Å². The Bertz CT molecular complexity index is 493. The fourth-order valence-corrected chi connectivity index (χ4v) is 4.10. The van der Waals surface area contributed by atoms with Crippen molar-refractivity contribution in [1.29, 1.82) is 0 Å². The molecule has 6 heteroatoms. The molecule has 0 aliphatic heterocycles. The van der Waals surface area contributed by atoms with Crippen LogP contribution in [0.15, 0.2) is 23.3 Å². The van der Waals surface area contributed by atoms with Crippen molar-refractivity contribution < 1.29 is 0 Å². The molecule has 130 valence electrons. The van der Waals surface area contributed by atoms with Gasteiger partial charge in [0.05, 0.1) is 12.2 Å². The van der Waals surface area contributed by atoms with Gasteiger partial charge in [0.1, 0.15) is 0 Å². The van der Waals surface area contributed by atoms with Crippen LogP contribution in [0.5, 0.6) is 0 Å². The normalized spacial score (nSPS) is 21.4. The van der Waals surface area contributed by atoms with E-state index in [2.05, 4.69) is 52.3 Å². The summed E-state index contributed by atoms with van der Waals surface area (Å²) in [4.78, 5) is 8.78. The molecule has 1 saturated carbocycles. The van der Waals surface area contributed by atoms with Crippen LogP contribution in [0.25, 0.3) is 0 Å². The minimum Gasteiger partial charge on any atom is -0.354 e. The van der Waals surface area contributed by atoms with Gasteiger partial charge < -0.3 is 10.6 Å². The summed E-state index contributed by atoms with van der Waals surface area (Å²) in [7, 11) is 1.84. The molecule has 2 N–H and O–H groups in total. The van der Waals surface area contributed by atoms with Gasteiger partial charge in [-0.3, -0.25) is 9.98 Å². The zero-order valence-corrected chi connectivity index (χ0v) is 17.5. The quantitative estimate of drug-likeness (QED) is 0.410. The SMILES string of the molecule is CCSC1CCCC(NC(=NC)NCc2ncccc2C)C1.I. The van der Waals surface area contributed by atoms with E-state index in [9.17, 15) is 0 Å². The Balaban J connectivity index is 0.00000264. The maximum absolute atomic E-state index is 4.42. The van der Waals surface area contributed by atoms with E-state index in [1.54, 1.807) is 0 Å². The molecule has 1 aliphatic rings. The Morgan fingerprint density at radius 1 is 1.43 bits per heavy atom. The van der Waals surface area contributed by atoms with E-state index in [1.807, 2.05) is 19.3 Å². The lowest BCUT2D eigenvalue weighted by Gasteiger charge is -2.30. The molecule has 1 aromatic heterocycles. The van der Waals surface area contributed by atoms with Gasteiger partial charge in [-0.05, 0) is 43.6 Å². The number of halogens is 1. The molecule has 0 amide bonds. The first-order chi connectivity index (χ1) is 10.7. The first-order valence-corrected chi connectivity index (χ1v) is 9.27. The zero-order chi connectivity index (χ0) is 15.8. The fraction of sp³-hybridized carbons (Fsp3) is 0.647. The van der Waals surface area contributed by atoms with E-state index in [0.717, 1.165) is 16.9 Å². The monoisotopic (exact) mass is 448 g/mol. The Morgan fingerprint density at radius 2 is 2.26 bits per heavy atom. The van der Waals surface area contributed by atoms with Crippen molar-refractivity contribution in [3.05, 3.63) is 29.6 Å². The van der Waals surface area contributed by atoms with Crippen molar-refractivity contribution in [3.63, 3.8) is 0 Å². The lowest BCUT2D eigenvalue weighted by Crippen LogP contribution is -2.45. The summed E-state index contributed by atoms with van der Waals surface area (Å²) < 4.78 is 0. The molecule has 0 saturated heterocycles. The van der Waals surface area contributed by atoms with Crippen LogP contribution in [0.1, 0.15) is 43.9 Å². The number of aromatic nitrogens is 1. The lowest BCUT2D eigenvalue weighted by atomic mass is 9.95. The van der Waals surface area contributed by atoms with E-state index in [1.165, 1.54) is 37.0 Å². The second-order valence-corrected chi connectivity index (χ2v) is 7.36. The molecule has 0 spiro atoms. The molecule has 1 fully saturated rings. The van der Waals surface area contributed by atoms with Gasteiger partial charge in [-0.2, -0.15) is 11.8 Å². The molecule has 0 bridgehead atoms. The Hall–Kier alpha value is -0.500. The largest absolute Gasteiger partial charge is 0.354 e. The maximum atomic E-state index is 4.42. The molecule has 1 heterocycles. The lowest BCUT2D eigenvalue weighted by molar-refractivity contribution is 0.418. The number of aliphatic imine (C=N–C) groups is 1. The molecule has 4 nitrogen and oxygen atoms in total. The molecule has 0 radical (unpaired) electrons. The molecule has 23 heavy (non-hydrogen) atoms. The average molecular weight is 448 g/mol. The van der Waals surface area contributed by atoms with E-state index in [-0.39, 0.29) is 24.0 Å². The van der Waals surface area contributed by atoms with Gasteiger partial charge in [-0.1, -0.05) is 19.4 Å². The van der Waals surface area contributed by atoms with Crippen LogP contribution in [0, 0.1) is 6.92 Å². The first-order valence-electron chi connectivity index (χ1n) is 8.22. The van der Waals surface area contributed by atoms with Gasteiger partial charge in [0.2, 0.25) is 0 Å². The molecule has 0 aromatic carbocycles. The van der Waals surface area contributed by atoms with E-state index < -0.39 is 0 Å². The van der Waals surface area contributed by atoms with Gasteiger partial charge in [0.15, 0.2) is 5.96 Å². The average Bonchev–Trinajstić information content (AvgIpc) is 2.53. The highest BCUT2D eigenvalue weighted by atomic mass is 127. The predicted molar refractivity (Wildman–Crippen MR) is 112 cm³/mol. The summed E-state index contributed by atoms with van der Waals surface area (Å²) >= 11 is 2.09. The summed E-state index contributed by atoms with van der Waals surface area (Å²) in [6, 6.07) is 4.60. The Labute approximate surface area is 161 Å². The fourth-order valence-electron chi connectivity index (χ4n) is 2.92. The van der Waals surface area contributed by atoms with Gasteiger partial charge in [-0.15, -0.1) is 24.0 Å². The molecule has 2 atom stereocenters. The first kappa shape index (κ1) is 20.5. The van der Waals surface area contributed by atoms with Crippen molar-refractivity contribution in [2.75, 3.05) is 12.8 Å². The third-order valence-corrected chi connectivity index (χ3v) is 5.37. The number of nitrogens with zero attached hydrogens (tertiary/aromatic N) is 2. The van der Waals surface area contributed by atoms with E-state index in [4.69, 9.17) is 0 Å². The Morgan fingerprint density at radius 3 is 2.96 bits per heavy atom. The molecule has 1 aromatic rings. The van der Waals surface area contributed by atoms with Gasteiger partial charge in [0, 0.05) is 24.5 Å². The number of aryl methyl sites for hydroxylation is 1. The number of thioether (sulfide) groups is 1. The van der Waals surface area contributed by atoms with Crippen LogP contribution >= 0.6 is 35.7 Å². The van der Waals surface area contributed by atoms with Crippen molar-refractivity contribution in [2.24, 2.45) is 4.99 Å². The van der Waals surface area contributed by atoms with Crippen LogP contribution in [0.2, 0.25) is 0 Å². The number of nitrogens with one attached hydrogen (secondary N) is 2. The topological polar surface area (TPSA) is 49.3 Å². The summed E-state index contributed by atoms with van der Waals surface area (Å²) in [6.45, 7) is 5.05. The Kier molecular flexibility index (Phi) is 9.94. The van der Waals surface area contributed by atoms with Crippen molar-refractivity contribution in [1.82, 2.24) is 15.6 Å². The second-order valence-electron chi connectivity index (χ2n) is 5.78. The van der Waals surface area contributed by atoms with Gasteiger partial charge in [0.25, 0.3) is 0 Å². The van der Waals surface area contributed by atoms with Crippen LogP contribution in [0.3, 0.4) is 0 Å². The highest BCUT2D eigenvalue weighted by Gasteiger charge is 2.22. The molecule has 2 rings (SSSR count). The second kappa shape index (κ2) is 11.1.